The summed E-state index contributed by atoms with van der Waals surface area (Å²) < 4.78 is 82.0. The molecule has 0 unspecified atom stereocenters. The lowest BCUT2D eigenvalue weighted by Gasteiger charge is -2.15. The molecule has 0 saturated carbocycles. The maximum absolute atomic E-state index is 13.0. The molecule has 1 heterocycles. The van der Waals surface area contributed by atoms with Gasteiger partial charge in [0, 0.05) is 25.8 Å². The fraction of sp³-hybridized carbons (Fsp3) is 0.250. The summed E-state index contributed by atoms with van der Waals surface area (Å²) in [4.78, 5) is 15.9. The molecular formula is C24H21Cl2F3N2O6S. The number of amides is 1. The monoisotopic (exact) mass is 592 g/mol. The fourth-order valence-electron chi connectivity index (χ4n) is 3.10. The number of rotatable bonds is 11. The highest BCUT2D eigenvalue weighted by molar-refractivity contribution is 7.90. The number of carbonyl (C=O) groups is 1. The van der Waals surface area contributed by atoms with Crippen molar-refractivity contribution in [2.45, 2.75) is 23.9 Å². The first kappa shape index (κ1) is 29.5. The Balaban J connectivity index is 1.80. The van der Waals surface area contributed by atoms with Gasteiger partial charge in [0.05, 0.1) is 17.2 Å². The van der Waals surface area contributed by atoms with E-state index in [1.165, 1.54) is 31.4 Å². The van der Waals surface area contributed by atoms with Crippen molar-refractivity contribution < 1.29 is 40.6 Å². The Morgan fingerprint density at radius 3 is 2.45 bits per heavy atom. The number of nitrogens with zero attached hydrogens (tertiary/aromatic N) is 1. The maximum Gasteiger partial charge on any atom is 0.417 e. The van der Waals surface area contributed by atoms with Crippen molar-refractivity contribution in [2.24, 2.45) is 0 Å². The number of alkyl halides is 3. The Morgan fingerprint density at radius 2 is 1.79 bits per heavy atom. The molecular weight excluding hydrogens is 572 g/mol. The van der Waals surface area contributed by atoms with E-state index < -0.39 is 27.7 Å². The number of benzene rings is 2. The lowest BCUT2D eigenvalue weighted by Crippen LogP contribution is -2.30. The van der Waals surface area contributed by atoms with Gasteiger partial charge in [-0.25, -0.2) is 18.1 Å². The predicted molar refractivity (Wildman–Crippen MR) is 133 cm³/mol. The van der Waals surface area contributed by atoms with Crippen molar-refractivity contribution in [3.05, 3.63) is 75.9 Å². The minimum atomic E-state index is -4.65. The topological polar surface area (TPSA) is 104 Å². The first-order valence-electron chi connectivity index (χ1n) is 10.9. The van der Waals surface area contributed by atoms with Gasteiger partial charge in [0.1, 0.15) is 28.0 Å². The zero-order valence-electron chi connectivity index (χ0n) is 19.7. The van der Waals surface area contributed by atoms with Crippen molar-refractivity contribution in [1.82, 2.24) is 9.71 Å². The highest BCUT2D eigenvalue weighted by Crippen LogP contribution is 2.36. The number of halogens is 5. The number of pyridine rings is 1. The van der Waals surface area contributed by atoms with Gasteiger partial charge in [-0.2, -0.15) is 13.2 Å². The molecule has 0 aliphatic rings. The number of aromatic nitrogens is 1. The van der Waals surface area contributed by atoms with Crippen LogP contribution in [0.15, 0.2) is 59.6 Å². The van der Waals surface area contributed by atoms with Gasteiger partial charge in [0.15, 0.2) is 0 Å². The van der Waals surface area contributed by atoms with Gasteiger partial charge in [0.2, 0.25) is 11.8 Å². The molecule has 3 aromatic rings. The molecule has 0 aliphatic heterocycles. The van der Waals surface area contributed by atoms with Crippen molar-refractivity contribution in [3.63, 3.8) is 0 Å². The van der Waals surface area contributed by atoms with E-state index in [-0.39, 0.29) is 46.0 Å². The largest absolute Gasteiger partial charge is 0.491 e. The zero-order chi connectivity index (χ0) is 27.9. The molecule has 38 heavy (non-hydrogen) atoms. The van der Waals surface area contributed by atoms with Crippen molar-refractivity contribution in [3.8, 4) is 17.4 Å². The van der Waals surface area contributed by atoms with Gasteiger partial charge in [0.25, 0.3) is 10.0 Å². The first-order chi connectivity index (χ1) is 17.9. The van der Waals surface area contributed by atoms with Crippen LogP contribution in [0.3, 0.4) is 0 Å². The van der Waals surface area contributed by atoms with E-state index in [1.54, 1.807) is 18.2 Å². The Hall–Kier alpha value is -3.06. The van der Waals surface area contributed by atoms with Crippen LogP contribution in [0.5, 0.6) is 17.4 Å². The van der Waals surface area contributed by atoms with Crippen LogP contribution in [0.2, 0.25) is 10.0 Å². The minimum Gasteiger partial charge on any atom is -0.491 e. The third-order valence-corrected chi connectivity index (χ3v) is 7.08. The molecule has 0 fully saturated rings. The molecule has 204 valence electrons. The third kappa shape index (κ3) is 7.97. The summed E-state index contributed by atoms with van der Waals surface area (Å²) in [5.74, 6) is -0.687. The predicted octanol–water partition coefficient (Wildman–Crippen LogP) is 5.66. The van der Waals surface area contributed by atoms with E-state index in [0.717, 1.165) is 0 Å². The van der Waals surface area contributed by atoms with Crippen LogP contribution in [-0.2, 0) is 32.2 Å². The van der Waals surface area contributed by atoms with Crippen LogP contribution in [0.4, 0.5) is 13.2 Å². The van der Waals surface area contributed by atoms with E-state index in [4.69, 9.17) is 37.4 Å². The first-order valence-corrected chi connectivity index (χ1v) is 13.1. The second kappa shape index (κ2) is 12.7. The summed E-state index contributed by atoms with van der Waals surface area (Å²) in [7, 11) is -2.71. The van der Waals surface area contributed by atoms with Gasteiger partial charge in [-0.15, -0.1) is 0 Å². The second-order valence-corrected chi connectivity index (χ2v) is 10.1. The average Bonchev–Trinajstić information content (AvgIpc) is 2.84. The Bertz CT molecular complexity index is 1400. The van der Waals surface area contributed by atoms with Gasteiger partial charge >= 0.3 is 6.18 Å². The summed E-state index contributed by atoms with van der Waals surface area (Å²) in [6, 6.07) is 10.9. The fourth-order valence-corrected chi connectivity index (χ4v) is 4.84. The minimum absolute atomic E-state index is 0.00415. The van der Waals surface area contributed by atoms with Crippen molar-refractivity contribution in [2.75, 3.05) is 20.3 Å². The normalized spacial score (nSPS) is 11.7. The number of sulfonamides is 1. The van der Waals surface area contributed by atoms with Crippen LogP contribution in [0, 0.1) is 0 Å². The number of ether oxygens (including phenoxy) is 3. The zero-order valence-corrected chi connectivity index (χ0v) is 22.0. The maximum atomic E-state index is 13.0. The van der Waals surface area contributed by atoms with E-state index >= 15 is 0 Å². The van der Waals surface area contributed by atoms with Gasteiger partial charge < -0.3 is 14.2 Å². The molecule has 1 N–H and O–H groups in total. The van der Waals surface area contributed by atoms with Crippen molar-refractivity contribution >= 4 is 39.1 Å². The summed E-state index contributed by atoms with van der Waals surface area (Å²) >= 11 is 11.9. The standard InChI is InChI=1S/C24H21Cl2F3N2O6S/c1-35-10-11-36-17-8-6-15(7-9-22(32)31-38(33,34)21-5-3-2-4-18(21)25)20(13-17)37-23-19(26)12-16(14-30-23)24(27,28)29/h2-6,8,12-14H,7,9-11H2,1H3,(H,31,32). The summed E-state index contributed by atoms with van der Waals surface area (Å²) in [6.45, 7) is 0.501. The lowest BCUT2D eigenvalue weighted by molar-refractivity contribution is -0.137. The van der Waals surface area contributed by atoms with Gasteiger partial charge in [-0.3, -0.25) is 4.79 Å². The highest BCUT2D eigenvalue weighted by atomic mass is 35.5. The molecule has 2 aromatic carbocycles. The number of nitrogens with one attached hydrogen (secondary N) is 1. The van der Waals surface area contributed by atoms with Gasteiger partial charge in [-0.1, -0.05) is 41.4 Å². The molecule has 0 bridgehead atoms. The third-order valence-electron chi connectivity index (χ3n) is 4.93. The molecule has 0 atom stereocenters. The smallest absolute Gasteiger partial charge is 0.417 e. The van der Waals surface area contributed by atoms with E-state index in [2.05, 4.69) is 4.98 Å². The molecule has 1 aromatic heterocycles. The number of carbonyl (C=O) groups excluding carboxylic acids is 1. The Kier molecular flexibility index (Phi) is 9.82. The molecule has 0 radical (unpaired) electrons. The average molecular weight is 593 g/mol. The second-order valence-electron chi connectivity index (χ2n) is 7.68. The summed E-state index contributed by atoms with van der Waals surface area (Å²) in [5, 5.41) is -0.437. The van der Waals surface area contributed by atoms with Crippen LogP contribution >= 0.6 is 23.2 Å². The quantitative estimate of drug-likeness (QED) is 0.286. The lowest BCUT2D eigenvalue weighted by atomic mass is 10.1. The SMILES string of the molecule is COCCOc1ccc(CCC(=O)NS(=O)(=O)c2ccccc2Cl)c(Oc2ncc(C(F)(F)F)cc2Cl)c1. The summed E-state index contributed by atoms with van der Waals surface area (Å²) in [6.07, 6.45) is -4.35. The molecule has 1 amide bonds. The molecule has 0 spiro atoms. The molecule has 0 aliphatic carbocycles. The van der Waals surface area contributed by atoms with E-state index in [9.17, 15) is 26.4 Å². The highest BCUT2D eigenvalue weighted by Gasteiger charge is 2.32. The Labute approximate surface area is 226 Å². The van der Waals surface area contributed by atoms with Crippen LogP contribution in [0.25, 0.3) is 0 Å². The van der Waals surface area contributed by atoms with Crippen molar-refractivity contribution in [1.29, 1.82) is 0 Å². The Morgan fingerprint density at radius 1 is 1.05 bits per heavy atom. The molecule has 3 rings (SSSR count). The number of aryl methyl sites for hydroxylation is 1. The van der Waals surface area contributed by atoms with E-state index in [0.29, 0.717) is 30.2 Å². The van der Waals surface area contributed by atoms with Crippen LogP contribution in [-0.4, -0.2) is 39.6 Å². The molecule has 8 nitrogen and oxygen atoms in total. The van der Waals surface area contributed by atoms with Crippen LogP contribution in [0.1, 0.15) is 17.5 Å². The summed E-state index contributed by atoms with van der Waals surface area (Å²) in [5.41, 5.74) is -0.643. The number of methoxy groups -OCH3 is 1. The number of hydrogen-bond acceptors (Lipinski definition) is 7. The van der Waals surface area contributed by atoms with Crippen LogP contribution < -0.4 is 14.2 Å². The van der Waals surface area contributed by atoms with Gasteiger partial charge in [-0.05, 0) is 36.2 Å². The van der Waals surface area contributed by atoms with E-state index in [1.807, 2.05) is 4.72 Å². The number of hydrogen-bond donors (Lipinski definition) is 1. The molecule has 14 heteroatoms. The molecule has 0 saturated heterocycles.